The van der Waals surface area contributed by atoms with Gasteiger partial charge >= 0.3 is 0 Å². The van der Waals surface area contributed by atoms with Gasteiger partial charge in [-0.3, -0.25) is 4.79 Å². The molecule has 1 saturated carbocycles. The minimum atomic E-state index is -0.00114. The highest BCUT2D eigenvalue weighted by Gasteiger charge is 2.37. The Morgan fingerprint density at radius 1 is 1.26 bits per heavy atom. The Morgan fingerprint density at radius 3 is 3.00 bits per heavy atom. The van der Waals surface area contributed by atoms with Crippen LogP contribution in [0.3, 0.4) is 0 Å². The van der Waals surface area contributed by atoms with Gasteiger partial charge in [0.15, 0.2) is 0 Å². The summed E-state index contributed by atoms with van der Waals surface area (Å²) in [5.74, 6) is 1.78. The number of para-hydroxylation sites is 2. The average molecular weight is 312 g/mol. The van der Waals surface area contributed by atoms with Crippen LogP contribution in [-0.2, 0) is 11.2 Å². The maximum Gasteiger partial charge on any atom is 0.237 e. The van der Waals surface area contributed by atoms with Crippen LogP contribution in [0.1, 0.15) is 37.9 Å². The number of hydrogen-bond acceptors (Lipinski definition) is 3. The topological polar surface area (TPSA) is 69.8 Å². The number of aromatic nitrogens is 2. The number of carbonyl (C=O) groups excluding carboxylic acids is 1. The molecule has 2 aromatic rings. The van der Waals surface area contributed by atoms with Crippen LogP contribution in [0.5, 0.6) is 0 Å². The van der Waals surface area contributed by atoms with Crippen LogP contribution in [-0.4, -0.2) is 34.5 Å². The van der Waals surface area contributed by atoms with Crippen LogP contribution in [0.4, 0.5) is 0 Å². The minimum absolute atomic E-state index is 0.00114. The molecule has 23 heavy (non-hydrogen) atoms. The third kappa shape index (κ3) is 3.11. The van der Waals surface area contributed by atoms with E-state index in [4.69, 9.17) is 0 Å². The first-order chi connectivity index (χ1) is 11.3. The molecule has 2 fully saturated rings. The number of amides is 1. The van der Waals surface area contributed by atoms with Crippen LogP contribution in [0.25, 0.3) is 11.0 Å². The molecule has 1 aromatic carbocycles. The van der Waals surface area contributed by atoms with Crippen molar-refractivity contribution in [3.63, 3.8) is 0 Å². The summed E-state index contributed by atoms with van der Waals surface area (Å²) in [7, 11) is 0. The highest BCUT2D eigenvalue weighted by molar-refractivity contribution is 5.82. The Kier molecular flexibility index (Phi) is 4.04. The number of carbonyl (C=O) groups is 1. The van der Waals surface area contributed by atoms with E-state index in [1.54, 1.807) is 0 Å². The van der Waals surface area contributed by atoms with Crippen molar-refractivity contribution < 1.29 is 4.79 Å². The van der Waals surface area contributed by atoms with Crippen molar-refractivity contribution >= 4 is 16.9 Å². The monoisotopic (exact) mass is 312 g/mol. The average Bonchev–Trinajstić information content (AvgIpc) is 3.18. The second-order valence-electron chi connectivity index (χ2n) is 6.85. The number of benzene rings is 1. The standard InChI is InChI=1S/C18H24N4O/c23-18(16-11-12-5-1-2-6-13(12)20-16)19-10-9-17-21-14-7-3-4-8-15(14)22-17/h3-4,7-8,12-13,16,20H,1-2,5-6,9-11H2,(H,19,23)(H,21,22). The van der Waals surface area contributed by atoms with E-state index in [0.717, 1.165) is 29.7 Å². The molecule has 1 aliphatic heterocycles. The van der Waals surface area contributed by atoms with Crippen LogP contribution in [0.2, 0.25) is 0 Å². The fraction of sp³-hybridized carbons (Fsp3) is 0.556. The van der Waals surface area contributed by atoms with Crippen LogP contribution < -0.4 is 10.6 Å². The van der Waals surface area contributed by atoms with Crippen molar-refractivity contribution in [1.29, 1.82) is 0 Å². The van der Waals surface area contributed by atoms with Gasteiger partial charge in [-0.15, -0.1) is 0 Å². The zero-order chi connectivity index (χ0) is 15.6. The van der Waals surface area contributed by atoms with Gasteiger partial charge < -0.3 is 15.6 Å². The SMILES string of the molecule is O=C(NCCc1nc2ccccc2[nH]1)C1CC2CCCCC2N1. The molecular weight excluding hydrogens is 288 g/mol. The zero-order valence-electron chi connectivity index (χ0n) is 13.3. The van der Waals surface area contributed by atoms with Crippen molar-refractivity contribution in [2.24, 2.45) is 5.92 Å². The van der Waals surface area contributed by atoms with Crippen molar-refractivity contribution in [1.82, 2.24) is 20.6 Å². The first-order valence-electron chi connectivity index (χ1n) is 8.77. The third-order valence-corrected chi connectivity index (χ3v) is 5.28. The van der Waals surface area contributed by atoms with E-state index in [0.29, 0.717) is 18.5 Å². The summed E-state index contributed by atoms with van der Waals surface area (Å²) in [5, 5.41) is 6.59. The molecule has 0 radical (unpaired) electrons. The summed E-state index contributed by atoms with van der Waals surface area (Å²) in [6.07, 6.45) is 6.87. The summed E-state index contributed by atoms with van der Waals surface area (Å²) in [6, 6.07) is 8.57. The molecule has 0 spiro atoms. The highest BCUT2D eigenvalue weighted by atomic mass is 16.2. The maximum absolute atomic E-state index is 12.3. The normalized spacial score (nSPS) is 27.0. The largest absolute Gasteiger partial charge is 0.354 e. The first-order valence-corrected chi connectivity index (χ1v) is 8.77. The molecule has 2 heterocycles. The molecule has 5 nitrogen and oxygen atoms in total. The lowest BCUT2D eigenvalue weighted by Crippen LogP contribution is -2.43. The lowest BCUT2D eigenvalue weighted by Gasteiger charge is -2.24. The Hall–Kier alpha value is -1.88. The van der Waals surface area contributed by atoms with Crippen molar-refractivity contribution in [2.45, 2.75) is 50.6 Å². The third-order valence-electron chi connectivity index (χ3n) is 5.28. The minimum Gasteiger partial charge on any atom is -0.354 e. The van der Waals surface area contributed by atoms with Crippen LogP contribution in [0.15, 0.2) is 24.3 Å². The predicted octanol–water partition coefficient (Wildman–Crippen LogP) is 2.14. The second kappa shape index (κ2) is 6.32. The molecule has 2 aliphatic rings. The molecule has 1 aromatic heterocycles. The van der Waals surface area contributed by atoms with Crippen molar-refractivity contribution in [3.05, 3.63) is 30.1 Å². The molecule has 0 bridgehead atoms. The van der Waals surface area contributed by atoms with Crippen molar-refractivity contribution in [2.75, 3.05) is 6.54 Å². The van der Waals surface area contributed by atoms with E-state index in [1.807, 2.05) is 24.3 Å². The molecule has 4 rings (SSSR count). The number of H-pyrrole nitrogens is 1. The van der Waals surface area contributed by atoms with Gasteiger partial charge in [-0.1, -0.05) is 25.0 Å². The summed E-state index contributed by atoms with van der Waals surface area (Å²) < 4.78 is 0. The summed E-state index contributed by atoms with van der Waals surface area (Å²) in [4.78, 5) is 20.2. The molecule has 3 unspecified atom stereocenters. The number of rotatable bonds is 4. The molecule has 5 heteroatoms. The molecule has 122 valence electrons. The van der Waals surface area contributed by atoms with Gasteiger partial charge in [0, 0.05) is 19.0 Å². The lowest BCUT2D eigenvalue weighted by molar-refractivity contribution is -0.122. The van der Waals surface area contributed by atoms with Gasteiger partial charge in [0.25, 0.3) is 0 Å². The van der Waals surface area contributed by atoms with Gasteiger partial charge in [-0.05, 0) is 37.3 Å². The molecule has 1 aliphatic carbocycles. The molecular formula is C18H24N4O. The predicted molar refractivity (Wildman–Crippen MR) is 90.1 cm³/mol. The Morgan fingerprint density at radius 2 is 2.13 bits per heavy atom. The fourth-order valence-corrected chi connectivity index (χ4v) is 4.07. The summed E-state index contributed by atoms with van der Waals surface area (Å²) in [5.41, 5.74) is 2.03. The summed E-state index contributed by atoms with van der Waals surface area (Å²) >= 11 is 0. The van der Waals surface area contributed by atoms with Gasteiger partial charge in [0.2, 0.25) is 5.91 Å². The van der Waals surface area contributed by atoms with E-state index in [-0.39, 0.29) is 11.9 Å². The lowest BCUT2D eigenvalue weighted by atomic mass is 9.85. The summed E-state index contributed by atoms with van der Waals surface area (Å²) in [6.45, 7) is 0.631. The van der Waals surface area contributed by atoms with Crippen LogP contribution in [0, 0.1) is 5.92 Å². The number of hydrogen-bond donors (Lipinski definition) is 3. The number of aromatic amines is 1. The molecule has 3 N–H and O–H groups in total. The first kappa shape index (κ1) is 14.7. The van der Waals surface area contributed by atoms with Gasteiger partial charge in [-0.25, -0.2) is 4.98 Å². The van der Waals surface area contributed by atoms with E-state index in [1.165, 1.54) is 25.7 Å². The van der Waals surface area contributed by atoms with Gasteiger partial charge in [0.05, 0.1) is 17.1 Å². The van der Waals surface area contributed by atoms with E-state index in [2.05, 4.69) is 20.6 Å². The number of fused-ring (bicyclic) bond motifs is 2. The van der Waals surface area contributed by atoms with E-state index >= 15 is 0 Å². The van der Waals surface area contributed by atoms with E-state index in [9.17, 15) is 4.79 Å². The molecule has 3 atom stereocenters. The molecule has 1 saturated heterocycles. The Labute approximate surface area is 136 Å². The van der Waals surface area contributed by atoms with Gasteiger partial charge in [-0.2, -0.15) is 0 Å². The number of nitrogens with zero attached hydrogens (tertiary/aromatic N) is 1. The van der Waals surface area contributed by atoms with Crippen LogP contribution >= 0.6 is 0 Å². The van der Waals surface area contributed by atoms with Gasteiger partial charge in [0.1, 0.15) is 5.82 Å². The smallest absolute Gasteiger partial charge is 0.237 e. The Bertz CT molecular complexity index is 648. The molecule has 1 amide bonds. The Balaban J connectivity index is 1.28. The quantitative estimate of drug-likeness (QED) is 0.810. The maximum atomic E-state index is 12.3. The highest BCUT2D eigenvalue weighted by Crippen LogP contribution is 2.33. The zero-order valence-corrected chi connectivity index (χ0v) is 13.3. The van der Waals surface area contributed by atoms with Crippen molar-refractivity contribution in [3.8, 4) is 0 Å². The second-order valence-corrected chi connectivity index (χ2v) is 6.85. The van der Waals surface area contributed by atoms with E-state index < -0.39 is 0 Å². The fourth-order valence-electron chi connectivity index (χ4n) is 4.07. The number of imidazole rings is 1. The number of nitrogens with one attached hydrogen (secondary N) is 3.